The van der Waals surface area contributed by atoms with Crippen molar-refractivity contribution in [2.75, 3.05) is 0 Å². The van der Waals surface area contributed by atoms with E-state index in [1.807, 2.05) is 26.0 Å². The predicted molar refractivity (Wildman–Crippen MR) is 70.5 cm³/mol. The maximum Gasteiger partial charge on any atom is 0.224 e. The highest BCUT2D eigenvalue weighted by Gasteiger charge is 2.16. The molecular formula is C14H22N2O. The number of carbonyl (C=O) groups is 1. The molecule has 17 heavy (non-hydrogen) atoms. The molecule has 2 unspecified atom stereocenters. The number of rotatable bonds is 5. The minimum absolute atomic E-state index is 0.0194. The highest BCUT2D eigenvalue weighted by Crippen LogP contribution is 2.09. The lowest BCUT2D eigenvalue weighted by molar-refractivity contribution is -0.125. The van der Waals surface area contributed by atoms with Crippen LogP contribution in [0.25, 0.3) is 0 Å². The third-order valence-corrected chi connectivity index (χ3v) is 3.15. The van der Waals surface area contributed by atoms with Gasteiger partial charge in [-0.15, -0.1) is 0 Å². The van der Waals surface area contributed by atoms with E-state index in [1.165, 1.54) is 11.1 Å². The highest BCUT2D eigenvalue weighted by atomic mass is 16.1. The minimum Gasteiger partial charge on any atom is -0.352 e. The van der Waals surface area contributed by atoms with Crippen molar-refractivity contribution < 1.29 is 4.79 Å². The van der Waals surface area contributed by atoms with Crippen LogP contribution in [0, 0.1) is 5.92 Å². The molecule has 0 aliphatic carbocycles. The number of benzene rings is 1. The first-order valence-electron chi connectivity index (χ1n) is 6.16. The SMILES string of the molecule is CCc1ccccc1CNC(=O)C(C)C(C)N. The Hall–Kier alpha value is -1.35. The number of hydrogen-bond acceptors (Lipinski definition) is 2. The Kier molecular flexibility index (Phi) is 5.16. The molecule has 2 atom stereocenters. The first-order valence-corrected chi connectivity index (χ1v) is 6.16. The van der Waals surface area contributed by atoms with Crippen LogP contribution in [0.5, 0.6) is 0 Å². The second kappa shape index (κ2) is 6.40. The molecule has 1 rings (SSSR count). The van der Waals surface area contributed by atoms with E-state index in [0.717, 1.165) is 6.42 Å². The van der Waals surface area contributed by atoms with Crippen LogP contribution in [0.2, 0.25) is 0 Å². The zero-order valence-electron chi connectivity index (χ0n) is 10.9. The molecule has 0 bridgehead atoms. The minimum atomic E-state index is -0.149. The van der Waals surface area contributed by atoms with E-state index in [0.29, 0.717) is 6.54 Å². The van der Waals surface area contributed by atoms with Crippen molar-refractivity contribution in [3.63, 3.8) is 0 Å². The van der Waals surface area contributed by atoms with Gasteiger partial charge < -0.3 is 11.1 Å². The lowest BCUT2D eigenvalue weighted by Gasteiger charge is -2.16. The molecule has 1 amide bonds. The summed E-state index contributed by atoms with van der Waals surface area (Å²) in [5.41, 5.74) is 8.16. The van der Waals surface area contributed by atoms with Gasteiger partial charge in [-0.1, -0.05) is 38.1 Å². The maximum atomic E-state index is 11.8. The third kappa shape index (κ3) is 3.86. The molecule has 0 spiro atoms. The van der Waals surface area contributed by atoms with Gasteiger partial charge in [0.2, 0.25) is 5.91 Å². The monoisotopic (exact) mass is 234 g/mol. The molecule has 0 aliphatic heterocycles. The van der Waals surface area contributed by atoms with Crippen molar-refractivity contribution >= 4 is 5.91 Å². The average molecular weight is 234 g/mol. The number of aryl methyl sites for hydroxylation is 1. The van der Waals surface area contributed by atoms with Crippen molar-refractivity contribution in [2.24, 2.45) is 11.7 Å². The molecule has 0 saturated heterocycles. The predicted octanol–water partition coefficient (Wildman–Crippen LogP) is 1.85. The average Bonchev–Trinajstić information content (AvgIpc) is 2.35. The van der Waals surface area contributed by atoms with E-state index in [9.17, 15) is 4.79 Å². The van der Waals surface area contributed by atoms with Crippen LogP contribution in [0.4, 0.5) is 0 Å². The van der Waals surface area contributed by atoms with Gasteiger partial charge in [0.25, 0.3) is 0 Å². The van der Waals surface area contributed by atoms with Crippen molar-refractivity contribution in [1.29, 1.82) is 0 Å². The number of nitrogens with two attached hydrogens (primary N) is 1. The smallest absolute Gasteiger partial charge is 0.224 e. The van der Waals surface area contributed by atoms with Crippen LogP contribution in [0.1, 0.15) is 31.9 Å². The fourth-order valence-corrected chi connectivity index (χ4v) is 1.66. The van der Waals surface area contributed by atoms with Crippen LogP contribution >= 0.6 is 0 Å². The number of nitrogens with one attached hydrogen (secondary N) is 1. The fourth-order valence-electron chi connectivity index (χ4n) is 1.66. The van der Waals surface area contributed by atoms with E-state index >= 15 is 0 Å². The summed E-state index contributed by atoms with van der Waals surface area (Å²) in [4.78, 5) is 11.8. The molecule has 0 radical (unpaired) electrons. The Morgan fingerprint density at radius 1 is 1.29 bits per heavy atom. The Morgan fingerprint density at radius 3 is 2.41 bits per heavy atom. The topological polar surface area (TPSA) is 55.1 Å². The molecular weight excluding hydrogens is 212 g/mol. The summed E-state index contributed by atoms with van der Waals surface area (Å²) in [5.74, 6) is -0.130. The van der Waals surface area contributed by atoms with Gasteiger partial charge in [0.15, 0.2) is 0 Å². The summed E-state index contributed by atoms with van der Waals surface area (Å²) in [5, 5.41) is 2.94. The molecule has 1 aromatic carbocycles. The summed E-state index contributed by atoms with van der Waals surface area (Å²) in [6, 6.07) is 8.05. The van der Waals surface area contributed by atoms with Gasteiger partial charge in [0.05, 0.1) is 0 Å². The first-order chi connectivity index (χ1) is 8.06. The van der Waals surface area contributed by atoms with E-state index < -0.39 is 0 Å². The van der Waals surface area contributed by atoms with Gasteiger partial charge in [-0.25, -0.2) is 0 Å². The molecule has 0 aromatic heterocycles. The van der Waals surface area contributed by atoms with Crippen molar-refractivity contribution in [3.05, 3.63) is 35.4 Å². The first kappa shape index (κ1) is 13.7. The lowest BCUT2D eigenvalue weighted by atomic mass is 10.0. The van der Waals surface area contributed by atoms with Gasteiger partial charge in [0.1, 0.15) is 0 Å². The van der Waals surface area contributed by atoms with Gasteiger partial charge in [-0.3, -0.25) is 4.79 Å². The zero-order valence-corrected chi connectivity index (χ0v) is 10.9. The molecule has 0 heterocycles. The van der Waals surface area contributed by atoms with Gasteiger partial charge >= 0.3 is 0 Å². The zero-order chi connectivity index (χ0) is 12.8. The molecule has 3 N–H and O–H groups in total. The Morgan fingerprint density at radius 2 is 1.88 bits per heavy atom. The Bertz CT molecular complexity index is 374. The summed E-state index contributed by atoms with van der Waals surface area (Å²) < 4.78 is 0. The molecule has 0 saturated carbocycles. The van der Waals surface area contributed by atoms with Crippen molar-refractivity contribution in [3.8, 4) is 0 Å². The molecule has 3 nitrogen and oxygen atoms in total. The summed E-state index contributed by atoms with van der Waals surface area (Å²) in [6.45, 7) is 6.40. The number of amides is 1. The second-order valence-corrected chi connectivity index (χ2v) is 4.49. The van der Waals surface area contributed by atoms with Crippen LogP contribution in [-0.4, -0.2) is 11.9 Å². The fraction of sp³-hybridized carbons (Fsp3) is 0.500. The van der Waals surface area contributed by atoms with Crippen LogP contribution in [0.3, 0.4) is 0 Å². The number of carbonyl (C=O) groups excluding carboxylic acids is 1. The van der Waals surface area contributed by atoms with Crippen molar-refractivity contribution in [1.82, 2.24) is 5.32 Å². The van der Waals surface area contributed by atoms with E-state index in [4.69, 9.17) is 5.73 Å². The summed E-state index contributed by atoms with van der Waals surface area (Å²) in [7, 11) is 0. The third-order valence-electron chi connectivity index (χ3n) is 3.15. The maximum absolute atomic E-state index is 11.8. The largest absolute Gasteiger partial charge is 0.352 e. The normalized spacial score (nSPS) is 14.1. The molecule has 0 aliphatic rings. The standard InChI is InChI=1S/C14H22N2O/c1-4-12-7-5-6-8-13(12)9-16-14(17)10(2)11(3)15/h5-8,10-11H,4,9,15H2,1-3H3,(H,16,17). The van der Waals surface area contributed by atoms with Gasteiger partial charge in [0, 0.05) is 18.5 Å². The summed E-state index contributed by atoms with van der Waals surface area (Å²) >= 11 is 0. The Balaban J connectivity index is 2.58. The van der Waals surface area contributed by atoms with Gasteiger partial charge in [-0.2, -0.15) is 0 Å². The quantitative estimate of drug-likeness (QED) is 0.817. The van der Waals surface area contributed by atoms with E-state index in [-0.39, 0.29) is 17.9 Å². The molecule has 0 fully saturated rings. The van der Waals surface area contributed by atoms with E-state index in [2.05, 4.69) is 24.4 Å². The van der Waals surface area contributed by atoms with Crippen LogP contribution in [-0.2, 0) is 17.8 Å². The molecule has 94 valence electrons. The summed E-state index contributed by atoms with van der Waals surface area (Å²) in [6.07, 6.45) is 0.981. The lowest BCUT2D eigenvalue weighted by Crippen LogP contribution is -2.38. The Labute approximate surface area is 103 Å². The second-order valence-electron chi connectivity index (χ2n) is 4.49. The van der Waals surface area contributed by atoms with Crippen molar-refractivity contribution in [2.45, 2.75) is 39.8 Å². The van der Waals surface area contributed by atoms with Crippen LogP contribution in [0.15, 0.2) is 24.3 Å². The van der Waals surface area contributed by atoms with Crippen LogP contribution < -0.4 is 11.1 Å². The molecule has 1 aromatic rings. The highest BCUT2D eigenvalue weighted by molar-refractivity contribution is 5.78. The molecule has 3 heteroatoms. The van der Waals surface area contributed by atoms with Gasteiger partial charge in [-0.05, 0) is 24.5 Å². The van der Waals surface area contributed by atoms with E-state index in [1.54, 1.807) is 0 Å². The number of hydrogen-bond donors (Lipinski definition) is 2.